The molecular weight excluding hydrogens is 314 g/mol. The van der Waals surface area contributed by atoms with E-state index in [0.29, 0.717) is 23.9 Å². The van der Waals surface area contributed by atoms with Gasteiger partial charge in [-0.15, -0.1) is 11.3 Å². The molecule has 1 aliphatic heterocycles. The van der Waals surface area contributed by atoms with Crippen LogP contribution >= 0.6 is 11.3 Å². The number of aryl methyl sites for hydroxylation is 1. The molecule has 1 amide bonds. The summed E-state index contributed by atoms with van der Waals surface area (Å²) in [5, 5.41) is 6.20. The smallest absolute Gasteiger partial charge is 0.263 e. The molecule has 0 bridgehead atoms. The average Bonchev–Trinajstić information content (AvgIpc) is 3.17. The number of aromatic nitrogens is 1. The van der Waals surface area contributed by atoms with Gasteiger partial charge in [0, 0.05) is 46.3 Å². The van der Waals surface area contributed by atoms with Gasteiger partial charge < -0.3 is 20.3 Å². The summed E-state index contributed by atoms with van der Waals surface area (Å²) < 4.78 is 5.22. The summed E-state index contributed by atoms with van der Waals surface area (Å²) in [5.74, 6) is 1.38. The van der Waals surface area contributed by atoms with Gasteiger partial charge >= 0.3 is 0 Å². The zero-order valence-electron chi connectivity index (χ0n) is 14.0. The largest absolute Gasteiger partial charge is 0.384 e. The molecule has 0 saturated carbocycles. The number of amides is 1. The summed E-state index contributed by atoms with van der Waals surface area (Å²) >= 11 is 1.36. The second-order valence-electron chi connectivity index (χ2n) is 5.55. The van der Waals surface area contributed by atoms with Crippen molar-refractivity contribution in [2.45, 2.75) is 13.3 Å². The van der Waals surface area contributed by atoms with Crippen LogP contribution < -0.4 is 10.6 Å². The number of hydrogen-bond acceptors (Lipinski definition) is 5. The standard InChI is InChI=1S/C15H25N5O2S/c1-11-13(23-10-19-11)14(21)17-5-6-18-15(16-2)20-7-4-12(8-20)9-22-3/h10,12H,4-9H2,1-3H3,(H,16,18)(H,17,21). The fourth-order valence-electron chi connectivity index (χ4n) is 2.68. The quantitative estimate of drug-likeness (QED) is 0.454. The van der Waals surface area contributed by atoms with Gasteiger partial charge in [-0.2, -0.15) is 0 Å². The molecule has 128 valence electrons. The molecule has 8 heteroatoms. The number of methoxy groups -OCH3 is 1. The number of rotatable bonds is 6. The first-order valence-corrected chi connectivity index (χ1v) is 8.66. The zero-order chi connectivity index (χ0) is 16.7. The van der Waals surface area contributed by atoms with E-state index in [4.69, 9.17) is 4.74 Å². The topological polar surface area (TPSA) is 78.8 Å². The second kappa shape index (κ2) is 8.83. The number of ether oxygens (including phenoxy) is 1. The number of aliphatic imine (C=N–C) groups is 1. The zero-order valence-corrected chi connectivity index (χ0v) is 14.8. The Hall–Kier alpha value is -1.67. The van der Waals surface area contributed by atoms with Crippen LogP contribution in [0.4, 0.5) is 0 Å². The van der Waals surface area contributed by atoms with Crippen LogP contribution in [0.1, 0.15) is 21.8 Å². The van der Waals surface area contributed by atoms with Crippen molar-refractivity contribution >= 4 is 23.2 Å². The Balaban J connectivity index is 1.70. The van der Waals surface area contributed by atoms with Crippen molar-refractivity contribution in [1.29, 1.82) is 0 Å². The number of thiazole rings is 1. The minimum atomic E-state index is -0.0666. The van der Waals surface area contributed by atoms with E-state index in [2.05, 4.69) is 25.5 Å². The van der Waals surface area contributed by atoms with E-state index in [1.807, 2.05) is 6.92 Å². The summed E-state index contributed by atoms with van der Waals surface area (Å²) in [4.78, 5) is 23.3. The Kier molecular flexibility index (Phi) is 6.79. The number of nitrogens with zero attached hydrogens (tertiary/aromatic N) is 3. The molecule has 1 unspecified atom stereocenters. The maximum absolute atomic E-state index is 12.0. The van der Waals surface area contributed by atoms with Gasteiger partial charge in [-0.25, -0.2) is 4.98 Å². The molecule has 2 rings (SSSR count). The van der Waals surface area contributed by atoms with Crippen LogP contribution in [0.2, 0.25) is 0 Å². The Bertz CT molecular complexity index is 546. The van der Waals surface area contributed by atoms with Crippen LogP contribution in [0.15, 0.2) is 10.5 Å². The van der Waals surface area contributed by atoms with Gasteiger partial charge in [-0.1, -0.05) is 0 Å². The second-order valence-corrected chi connectivity index (χ2v) is 6.41. The predicted molar refractivity (Wildman–Crippen MR) is 92.1 cm³/mol. The summed E-state index contributed by atoms with van der Waals surface area (Å²) in [7, 11) is 3.52. The molecule has 1 fully saturated rings. The van der Waals surface area contributed by atoms with Gasteiger partial charge in [-0.05, 0) is 13.3 Å². The fraction of sp³-hybridized carbons (Fsp3) is 0.667. The van der Waals surface area contributed by atoms with E-state index in [-0.39, 0.29) is 5.91 Å². The van der Waals surface area contributed by atoms with Gasteiger partial charge in [-0.3, -0.25) is 9.79 Å². The van der Waals surface area contributed by atoms with Crippen LogP contribution in [0, 0.1) is 12.8 Å². The number of hydrogen-bond donors (Lipinski definition) is 2. The van der Waals surface area contributed by atoms with E-state index in [1.165, 1.54) is 11.3 Å². The Morgan fingerprint density at radius 3 is 2.96 bits per heavy atom. The van der Waals surface area contributed by atoms with E-state index in [0.717, 1.165) is 37.8 Å². The fourth-order valence-corrected chi connectivity index (χ4v) is 3.40. The normalized spacial score (nSPS) is 18.3. The van der Waals surface area contributed by atoms with Gasteiger partial charge in [0.15, 0.2) is 5.96 Å². The highest BCUT2D eigenvalue weighted by molar-refractivity contribution is 7.11. The van der Waals surface area contributed by atoms with Crippen molar-refractivity contribution in [3.8, 4) is 0 Å². The lowest BCUT2D eigenvalue weighted by atomic mass is 10.1. The van der Waals surface area contributed by atoms with Gasteiger partial charge in [0.1, 0.15) is 4.88 Å². The summed E-state index contributed by atoms with van der Waals surface area (Å²) in [6, 6.07) is 0. The van der Waals surface area contributed by atoms with E-state index in [1.54, 1.807) is 19.7 Å². The molecule has 23 heavy (non-hydrogen) atoms. The molecular formula is C15H25N5O2S. The van der Waals surface area contributed by atoms with E-state index in [9.17, 15) is 4.79 Å². The first-order chi connectivity index (χ1) is 11.2. The predicted octanol–water partition coefficient (Wildman–Crippen LogP) is 0.725. The summed E-state index contributed by atoms with van der Waals surface area (Å²) in [5.41, 5.74) is 2.46. The molecule has 1 aromatic rings. The molecule has 1 atom stereocenters. The van der Waals surface area contributed by atoms with Crippen LogP contribution in [0.5, 0.6) is 0 Å². The van der Waals surface area contributed by atoms with Crippen molar-refractivity contribution in [2.75, 3.05) is 46.9 Å². The maximum Gasteiger partial charge on any atom is 0.263 e. The number of carbonyl (C=O) groups is 1. The monoisotopic (exact) mass is 339 g/mol. The number of carbonyl (C=O) groups excluding carboxylic acids is 1. The van der Waals surface area contributed by atoms with Gasteiger partial charge in [0.25, 0.3) is 5.91 Å². The molecule has 7 nitrogen and oxygen atoms in total. The highest BCUT2D eigenvalue weighted by Gasteiger charge is 2.24. The lowest BCUT2D eigenvalue weighted by Gasteiger charge is -2.21. The lowest BCUT2D eigenvalue weighted by Crippen LogP contribution is -2.43. The van der Waals surface area contributed by atoms with Crippen molar-refractivity contribution in [1.82, 2.24) is 20.5 Å². The maximum atomic E-state index is 12.0. The van der Waals surface area contributed by atoms with E-state index >= 15 is 0 Å². The molecule has 0 aliphatic carbocycles. The Labute approximate surface area is 141 Å². The molecule has 2 N–H and O–H groups in total. The van der Waals surface area contributed by atoms with Crippen LogP contribution in [0.3, 0.4) is 0 Å². The summed E-state index contributed by atoms with van der Waals surface area (Å²) in [6.07, 6.45) is 1.12. The SMILES string of the molecule is CN=C(NCCNC(=O)c1scnc1C)N1CCC(COC)C1. The minimum Gasteiger partial charge on any atom is -0.384 e. The average molecular weight is 339 g/mol. The molecule has 0 aromatic carbocycles. The van der Waals surface area contributed by atoms with Crippen molar-refractivity contribution in [2.24, 2.45) is 10.9 Å². The molecule has 1 saturated heterocycles. The Morgan fingerprint density at radius 1 is 1.52 bits per heavy atom. The van der Waals surface area contributed by atoms with Crippen LogP contribution in [-0.4, -0.2) is 68.7 Å². The molecule has 0 radical (unpaired) electrons. The molecule has 1 aromatic heterocycles. The van der Waals surface area contributed by atoms with Crippen molar-refractivity contribution in [3.05, 3.63) is 16.1 Å². The molecule has 2 heterocycles. The lowest BCUT2D eigenvalue weighted by molar-refractivity contribution is 0.0957. The third-order valence-corrected chi connectivity index (χ3v) is 4.77. The van der Waals surface area contributed by atoms with Crippen LogP contribution in [-0.2, 0) is 4.74 Å². The highest BCUT2D eigenvalue weighted by Crippen LogP contribution is 2.16. The number of likely N-dealkylation sites (tertiary alicyclic amines) is 1. The third-order valence-electron chi connectivity index (χ3n) is 3.84. The third kappa shape index (κ3) is 4.90. The van der Waals surface area contributed by atoms with E-state index < -0.39 is 0 Å². The highest BCUT2D eigenvalue weighted by atomic mass is 32.1. The van der Waals surface area contributed by atoms with Crippen molar-refractivity contribution < 1.29 is 9.53 Å². The summed E-state index contributed by atoms with van der Waals surface area (Å²) in [6.45, 7) is 5.76. The number of guanidine groups is 1. The molecule has 1 aliphatic rings. The first kappa shape index (κ1) is 17.7. The van der Waals surface area contributed by atoms with Crippen LogP contribution in [0.25, 0.3) is 0 Å². The van der Waals surface area contributed by atoms with Crippen molar-refractivity contribution in [3.63, 3.8) is 0 Å². The van der Waals surface area contributed by atoms with Gasteiger partial charge in [0.05, 0.1) is 17.8 Å². The number of nitrogens with one attached hydrogen (secondary N) is 2. The molecule has 0 spiro atoms. The minimum absolute atomic E-state index is 0.0666. The first-order valence-electron chi connectivity index (χ1n) is 7.78. The Morgan fingerprint density at radius 2 is 2.30 bits per heavy atom. The van der Waals surface area contributed by atoms with Gasteiger partial charge in [0.2, 0.25) is 0 Å².